The fourth-order valence-corrected chi connectivity index (χ4v) is 1.80. The van der Waals surface area contributed by atoms with Crippen LogP contribution in [0.3, 0.4) is 0 Å². The van der Waals surface area contributed by atoms with Crippen LogP contribution in [0.2, 0.25) is 0 Å². The number of aliphatic hydroxyl groups is 2. The second-order valence-electron chi connectivity index (χ2n) is 4.12. The second-order valence-corrected chi connectivity index (χ2v) is 4.12. The fraction of sp³-hybridized carbons (Fsp3) is 0.231. The standard InChI is InChI=1S/C13H11F3O2/c14-13(15,16)11-4-2-1-3-10(11)9-5-7-12(17,18)8-6-9/h1-7,17-18H,8H2. The van der Waals surface area contributed by atoms with Crippen LogP contribution in [0.15, 0.2) is 42.5 Å². The molecule has 0 atom stereocenters. The Bertz CT molecular complexity index is 513. The largest absolute Gasteiger partial charge is 0.417 e. The van der Waals surface area contributed by atoms with Gasteiger partial charge in [-0.05, 0) is 23.3 Å². The van der Waals surface area contributed by atoms with Crippen molar-refractivity contribution in [3.8, 4) is 0 Å². The highest BCUT2D eigenvalue weighted by molar-refractivity contribution is 5.77. The van der Waals surface area contributed by atoms with Crippen LogP contribution in [0.1, 0.15) is 17.5 Å². The number of halogens is 3. The summed E-state index contributed by atoms with van der Waals surface area (Å²) in [6.07, 6.45) is -0.822. The van der Waals surface area contributed by atoms with E-state index in [1.165, 1.54) is 30.4 Å². The third kappa shape index (κ3) is 2.63. The maximum atomic E-state index is 12.8. The minimum absolute atomic E-state index is 0.0387. The Hall–Kier alpha value is -1.59. The van der Waals surface area contributed by atoms with Crippen LogP contribution < -0.4 is 0 Å². The van der Waals surface area contributed by atoms with Gasteiger partial charge in [0.2, 0.25) is 0 Å². The van der Waals surface area contributed by atoms with Crippen molar-refractivity contribution in [1.82, 2.24) is 0 Å². The average Bonchev–Trinajstić information content (AvgIpc) is 2.28. The lowest BCUT2D eigenvalue weighted by molar-refractivity contribution is -0.137. The van der Waals surface area contributed by atoms with Gasteiger partial charge in [-0.3, -0.25) is 0 Å². The molecular formula is C13H11F3O2. The first kappa shape index (κ1) is 12.9. The van der Waals surface area contributed by atoms with E-state index in [1.807, 2.05) is 0 Å². The first-order chi connectivity index (χ1) is 8.30. The molecule has 0 bridgehead atoms. The molecule has 1 aromatic rings. The van der Waals surface area contributed by atoms with Gasteiger partial charge in [-0.15, -0.1) is 0 Å². The van der Waals surface area contributed by atoms with E-state index in [9.17, 15) is 23.4 Å². The van der Waals surface area contributed by atoms with Gasteiger partial charge in [-0.25, -0.2) is 0 Å². The van der Waals surface area contributed by atoms with Gasteiger partial charge >= 0.3 is 6.18 Å². The predicted molar refractivity (Wildman–Crippen MR) is 60.3 cm³/mol. The summed E-state index contributed by atoms with van der Waals surface area (Å²) in [6.45, 7) is 0. The van der Waals surface area contributed by atoms with E-state index in [2.05, 4.69) is 0 Å². The molecule has 2 N–H and O–H groups in total. The molecule has 0 unspecified atom stereocenters. The first-order valence-electron chi connectivity index (χ1n) is 5.30. The Labute approximate surface area is 102 Å². The van der Waals surface area contributed by atoms with Crippen molar-refractivity contribution in [2.24, 2.45) is 0 Å². The Morgan fingerprint density at radius 1 is 1.11 bits per heavy atom. The molecule has 1 aromatic carbocycles. The van der Waals surface area contributed by atoms with Gasteiger partial charge in [0.15, 0.2) is 5.79 Å². The van der Waals surface area contributed by atoms with Gasteiger partial charge in [0.1, 0.15) is 0 Å². The van der Waals surface area contributed by atoms with Crippen LogP contribution in [-0.4, -0.2) is 16.0 Å². The summed E-state index contributed by atoms with van der Waals surface area (Å²) >= 11 is 0. The molecule has 1 aliphatic rings. The van der Waals surface area contributed by atoms with Crippen LogP contribution in [0.25, 0.3) is 5.57 Å². The van der Waals surface area contributed by atoms with Gasteiger partial charge in [0, 0.05) is 6.42 Å². The lowest BCUT2D eigenvalue weighted by Gasteiger charge is -2.21. The molecule has 0 saturated carbocycles. The zero-order valence-corrected chi connectivity index (χ0v) is 9.28. The summed E-state index contributed by atoms with van der Waals surface area (Å²) in [7, 11) is 0. The molecule has 18 heavy (non-hydrogen) atoms. The lowest BCUT2D eigenvalue weighted by atomic mass is 9.93. The maximum absolute atomic E-state index is 12.8. The highest BCUT2D eigenvalue weighted by Crippen LogP contribution is 2.36. The van der Waals surface area contributed by atoms with Crippen LogP contribution >= 0.6 is 0 Å². The van der Waals surface area contributed by atoms with Crippen molar-refractivity contribution in [3.05, 3.63) is 53.6 Å². The molecule has 0 saturated heterocycles. The van der Waals surface area contributed by atoms with Crippen LogP contribution in [0.5, 0.6) is 0 Å². The van der Waals surface area contributed by atoms with Crippen LogP contribution in [0.4, 0.5) is 13.2 Å². The molecule has 0 aromatic heterocycles. The summed E-state index contributed by atoms with van der Waals surface area (Å²) in [5.41, 5.74) is -0.359. The summed E-state index contributed by atoms with van der Waals surface area (Å²) < 4.78 is 38.4. The lowest BCUT2D eigenvalue weighted by Crippen LogP contribution is -2.25. The number of allylic oxidation sites excluding steroid dienone is 2. The number of alkyl halides is 3. The minimum Gasteiger partial charge on any atom is -0.362 e. The Morgan fingerprint density at radius 3 is 2.33 bits per heavy atom. The Balaban J connectivity index is 2.42. The smallest absolute Gasteiger partial charge is 0.362 e. The number of hydrogen-bond donors (Lipinski definition) is 2. The van der Waals surface area contributed by atoms with Crippen molar-refractivity contribution in [3.63, 3.8) is 0 Å². The molecule has 2 nitrogen and oxygen atoms in total. The molecule has 0 radical (unpaired) electrons. The van der Waals surface area contributed by atoms with E-state index >= 15 is 0 Å². The second kappa shape index (κ2) is 4.26. The van der Waals surface area contributed by atoms with Crippen molar-refractivity contribution in [2.45, 2.75) is 18.4 Å². The Morgan fingerprint density at radius 2 is 1.78 bits per heavy atom. The minimum atomic E-state index is -4.43. The zero-order chi connectivity index (χ0) is 13.4. The summed E-state index contributed by atoms with van der Waals surface area (Å²) in [5, 5.41) is 18.5. The van der Waals surface area contributed by atoms with E-state index in [-0.39, 0.29) is 12.0 Å². The van der Waals surface area contributed by atoms with Gasteiger partial charge in [-0.2, -0.15) is 13.2 Å². The van der Waals surface area contributed by atoms with Gasteiger partial charge in [-0.1, -0.05) is 30.4 Å². The highest BCUT2D eigenvalue weighted by Gasteiger charge is 2.34. The molecule has 0 spiro atoms. The predicted octanol–water partition coefficient (Wildman–Crippen LogP) is 2.73. The van der Waals surface area contributed by atoms with E-state index in [0.29, 0.717) is 5.57 Å². The molecule has 0 amide bonds. The quantitative estimate of drug-likeness (QED) is 0.758. The molecule has 0 aliphatic heterocycles. The first-order valence-corrected chi connectivity index (χ1v) is 5.30. The summed E-state index contributed by atoms with van der Waals surface area (Å²) in [5.74, 6) is -1.98. The maximum Gasteiger partial charge on any atom is 0.417 e. The summed E-state index contributed by atoms with van der Waals surface area (Å²) in [6, 6.07) is 5.20. The normalized spacial score (nSPS) is 18.6. The van der Waals surface area contributed by atoms with E-state index in [0.717, 1.165) is 12.1 Å². The number of hydrogen-bond acceptors (Lipinski definition) is 2. The molecule has 1 aliphatic carbocycles. The molecule has 0 fully saturated rings. The van der Waals surface area contributed by atoms with Gasteiger partial charge in [0.05, 0.1) is 5.56 Å². The van der Waals surface area contributed by atoms with Gasteiger partial charge < -0.3 is 10.2 Å². The van der Waals surface area contributed by atoms with Crippen LogP contribution in [-0.2, 0) is 6.18 Å². The fourth-order valence-electron chi connectivity index (χ4n) is 1.80. The number of benzene rings is 1. The van der Waals surface area contributed by atoms with Crippen molar-refractivity contribution in [2.75, 3.05) is 0 Å². The SMILES string of the molecule is OC1(O)C=CC(c2ccccc2C(F)(F)F)=CC1. The topological polar surface area (TPSA) is 40.5 Å². The van der Waals surface area contributed by atoms with E-state index in [1.54, 1.807) is 0 Å². The third-order valence-electron chi connectivity index (χ3n) is 2.70. The van der Waals surface area contributed by atoms with E-state index in [4.69, 9.17) is 0 Å². The van der Waals surface area contributed by atoms with Gasteiger partial charge in [0.25, 0.3) is 0 Å². The third-order valence-corrected chi connectivity index (χ3v) is 2.70. The molecule has 2 rings (SSSR count). The monoisotopic (exact) mass is 256 g/mol. The van der Waals surface area contributed by atoms with E-state index < -0.39 is 17.5 Å². The summed E-state index contributed by atoms with van der Waals surface area (Å²) in [4.78, 5) is 0. The van der Waals surface area contributed by atoms with Crippen molar-refractivity contribution >= 4 is 5.57 Å². The van der Waals surface area contributed by atoms with Crippen LogP contribution in [0, 0.1) is 0 Å². The molecular weight excluding hydrogens is 245 g/mol. The zero-order valence-electron chi connectivity index (χ0n) is 9.28. The highest BCUT2D eigenvalue weighted by atomic mass is 19.4. The number of rotatable bonds is 1. The Kier molecular flexibility index (Phi) is 3.04. The average molecular weight is 256 g/mol. The molecule has 0 heterocycles. The van der Waals surface area contributed by atoms with Crippen molar-refractivity contribution < 1.29 is 23.4 Å². The van der Waals surface area contributed by atoms with Crippen molar-refractivity contribution in [1.29, 1.82) is 0 Å². The molecule has 96 valence electrons. The molecule has 5 heteroatoms.